The summed E-state index contributed by atoms with van der Waals surface area (Å²) in [6, 6.07) is 0. The minimum atomic E-state index is -0.244. The summed E-state index contributed by atoms with van der Waals surface area (Å²) in [6.45, 7) is 0.393. The number of hydrogen-bond donors (Lipinski definition) is 1. The minimum Gasteiger partial charge on any atom is -0.291 e. The molecule has 15 heavy (non-hydrogen) atoms. The molecule has 1 aromatic rings. The maximum absolute atomic E-state index is 11.5. The van der Waals surface area contributed by atoms with Gasteiger partial charge in [0.15, 0.2) is 0 Å². The van der Waals surface area contributed by atoms with Crippen LogP contribution in [0, 0.1) is 3.57 Å². The number of carbonyl (C=O) groups is 1. The van der Waals surface area contributed by atoms with E-state index in [9.17, 15) is 9.59 Å². The predicted molar refractivity (Wildman–Crippen MR) is 64.2 cm³/mol. The van der Waals surface area contributed by atoms with Gasteiger partial charge in [-0.3, -0.25) is 19.5 Å². The third-order valence-corrected chi connectivity index (χ3v) is 3.14. The lowest BCUT2D eigenvalue weighted by molar-refractivity contribution is -0.117. The molecule has 1 aliphatic rings. The summed E-state index contributed by atoms with van der Waals surface area (Å²) in [5, 5.41) is -0.206. The molecule has 1 amide bonds. The van der Waals surface area contributed by atoms with Gasteiger partial charge in [-0.05, 0) is 22.6 Å². The Balaban J connectivity index is 2.34. The lowest BCUT2D eigenvalue weighted by atomic mass is 10.4. The summed E-state index contributed by atoms with van der Waals surface area (Å²) < 4.78 is 0.491. The highest BCUT2D eigenvalue weighted by atomic mass is 127. The number of hydrogen-bond acceptors (Lipinski definition) is 3. The fourth-order valence-electron chi connectivity index (χ4n) is 1.38. The fraction of sp³-hybridized carbons (Fsp3) is 0.375. The highest BCUT2D eigenvalue weighted by molar-refractivity contribution is 14.1. The Hall–Kier alpha value is -0.630. The molecule has 1 fully saturated rings. The van der Waals surface area contributed by atoms with Crippen LogP contribution in [-0.2, 0) is 4.79 Å². The number of H-pyrrole nitrogens is 1. The first-order chi connectivity index (χ1) is 7.08. The third-order valence-electron chi connectivity index (χ3n) is 2.08. The van der Waals surface area contributed by atoms with E-state index in [4.69, 9.17) is 11.6 Å². The van der Waals surface area contributed by atoms with Gasteiger partial charge < -0.3 is 0 Å². The van der Waals surface area contributed by atoms with Crippen LogP contribution in [0.25, 0.3) is 0 Å². The van der Waals surface area contributed by atoms with Gasteiger partial charge in [-0.2, -0.15) is 0 Å². The van der Waals surface area contributed by atoms with Gasteiger partial charge in [0.1, 0.15) is 0 Å². The first-order valence-electron chi connectivity index (χ1n) is 4.27. The van der Waals surface area contributed by atoms with Gasteiger partial charge in [0.05, 0.1) is 8.95 Å². The van der Waals surface area contributed by atoms with Crippen LogP contribution in [0.4, 0.5) is 5.95 Å². The number of aromatic amines is 1. The molecule has 2 heterocycles. The molecule has 1 aromatic heterocycles. The summed E-state index contributed by atoms with van der Waals surface area (Å²) in [5.41, 5.74) is -0.244. The number of halogens is 2. The van der Waals surface area contributed by atoms with E-state index in [2.05, 4.69) is 9.97 Å². The zero-order valence-electron chi connectivity index (χ0n) is 7.54. The maximum Gasteiger partial charge on any atom is 0.265 e. The van der Waals surface area contributed by atoms with E-state index in [0.29, 0.717) is 10.1 Å². The Morgan fingerprint density at radius 2 is 2.33 bits per heavy atom. The third kappa shape index (κ3) is 2.15. The van der Waals surface area contributed by atoms with Gasteiger partial charge in [-0.15, -0.1) is 11.6 Å². The van der Waals surface area contributed by atoms with Crippen LogP contribution in [0.2, 0.25) is 0 Å². The van der Waals surface area contributed by atoms with Crippen molar-refractivity contribution >= 4 is 46.0 Å². The van der Waals surface area contributed by atoms with Gasteiger partial charge in [0, 0.05) is 19.2 Å². The topological polar surface area (TPSA) is 66.1 Å². The fourth-order valence-corrected chi connectivity index (χ4v) is 1.92. The monoisotopic (exact) mass is 339 g/mol. The summed E-state index contributed by atoms with van der Waals surface area (Å²) in [4.78, 5) is 30.7. The maximum atomic E-state index is 11.5. The number of nitrogens with zero attached hydrogens (tertiary/aromatic N) is 2. The lowest BCUT2D eigenvalue weighted by Crippen LogP contribution is -2.29. The number of carbonyl (C=O) groups excluding carboxylic acids is 1. The van der Waals surface area contributed by atoms with E-state index < -0.39 is 0 Å². The Labute approximate surface area is 104 Å². The SMILES string of the molecule is O=C1CC(Cl)CN1c1ncc(I)c(=O)[nH]1. The highest BCUT2D eigenvalue weighted by Crippen LogP contribution is 2.19. The van der Waals surface area contributed by atoms with Crippen molar-refractivity contribution in [2.45, 2.75) is 11.8 Å². The number of rotatable bonds is 1. The normalized spacial score (nSPS) is 21.1. The average molecular weight is 340 g/mol. The van der Waals surface area contributed by atoms with Crippen molar-refractivity contribution in [3.8, 4) is 0 Å². The average Bonchev–Trinajstić information content (AvgIpc) is 2.50. The van der Waals surface area contributed by atoms with Crippen molar-refractivity contribution in [3.63, 3.8) is 0 Å². The molecule has 0 aromatic carbocycles. The number of anilines is 1. The Bertz CT molecular complexity index is 461. The van der Waals surface area contributed by atoms with Crippen LogP contribution in [0.5, 0.6) is 0 Å². The van der Waals surface area contributed by atoms with E-state index in [1.165, 1.54) is 11.1 Å². The van der Waals surface area contributed by atoms with Crippen LogP contribution < -0.4 is 10.5 Å². The van der Waals surface area contributed by atoms with Gasteiger partial charge >= 0.3 is 0 Å². The first kappa shape index (κ1) is 10.9. The summed E-state index contributed by atoms with van der Waals surface area (Å²) in [6.07, 6.45) is 1.72. The molecular weight excluding hydrogens is 332 g/mol. The van der Waals surface area contributed by atoms with Crippen molar-refractivity contribution in [1.82, 2.24) is 9.97 Å². The molecule has 0 bridgehead atoms. The molecule has 0 radical (unpaired) electrons. The Kier molecular flexibility index (Phi) is 2.96. The Morgan fingerprint density at radius 3 is 2.87 bits per heavy atom. The first-order valence-corrected chi connectivity index (χ1v) is 5.78. The van der Waals surface area contributed by atoms with Gasteiger partial charge in [-0.1, -0.05) is 0 Å². The number of amides is 1. The highest BCUT2D eigenvalue weighted by Gasteiger charge is 2.30. The van der Waals surface area contributed by atoms with E-state index in [-0.39, 0.29) is 29.2 Å². The molecule has 0 spiro atoms. The number of aromatic nitrogens is 2. The van der Waals surface area contributed by atoms with E-state index in [0.717, 1.165) is 0 Å². The van der Waals surface area contributed by atoms with Gasteiger partial charge in [-0.25, -0.2) is 4.98 Å². The molecule has 7 heteroatoms. The second-order valence-corrected chi connectivity index (χ2v) is 4.97. The van der Waals surface area contributed by atoms with Crippen molar-refractivity contribution < 1.29 is 4.79 Å². The smallest absolute Gasteiger partial charge is 0.265 e. The summed E-state index contributed by atoms with van der Waals surface area (Å²) in [7, 11) is 0. The van der Waals surface area contributed by atoms with Gasteiger partial charge in [0.2, 0.25) is 11.9 Å². The largest absolute Gasteiger partial charge is 0.291 e. The zero-order valence-corrected chi connectivity index (χ0v) is 10.4. The van der Waals surface area contributed by atoms with Crippen LogP contribution in [0.3, 0.4) is 0 Å². The van der Waals surface area contributed by atoms with Crippen molar-refractivity contribution in [2.75, 3.05) is 11.4 Å². The van der Waals surface area contributed by atoms with Gasteiger partial charge in [0.25, 0.3) is 5.56 Å². The minimum absolute atomic E-state index is 0.112. The van der Waals surface area contributed by atoms with Crippen molar-refractivity contribution in [2.24, 2.45) is 0 Å². The molecule has 1 aliphatic heterocycles. The van der Waals surface area contributed by atoms with Crippen LogP contribution in [-0.4, -0.2) is 27.8 Å². The van der Waals surface area contributed by atoms with E-state index >= 15 is 0 Å². The van der Waals surface area contributed by atoms with E-state index in [1.54, 1.807) is 0 Å². The molecule has 1 saturated heterocycles. The predicted octanol–water partition coefficient (Wildman–Crippen LogP) is 0.719. The molecule has 2 rings (SSSR count). The molecular formula is C8H7ClIN3O2. The molecule has 1 atom stereocenters. The number of nitrogens with one attached hydrogen (secondary N) is 1. The zero-order chi connectivity index (χ0) is 11.0. The Morgan fingerprint density at radius 1 is 1.60 bits per heavy atom. The second-order valence-electron chi connectivity index (χ2n) is 3.19. The summed E-state index contributed by atoms with van der Waals surface area (Å²) >= 11 is 7.72. The molecule has 80 valence electrons. The summed E-state index contributed by atoms with van der Waals surface area (Å²) in [5.74, 6) is 0.160. The standard InChI is InChI=1S/C8H7ClIN3O2/c9-4-1-6(14)13(3-4)8-11-2-5(10)7(15)12-8/h2,4H,1,3H2,(H,11,12,15). The van der Waals surface area contributed by atoms with Crippen LogP contribution in [0.1, 0.15) is 6.42 Å². The quantitative estimate of drug-likeness (QED) is 0.606. The second kappa shape index (κ2) is 4.09. The van der Waals surface area contributed by atoms with E-state index in [1.807, 2.05) is 22.6 Å². The molecule has 1 N–H and O–H groups in total. The molecule has 1 unspecified atom stereocenters. The molecule has 0 aliphatic carbocycles. The molecule has 0 saturated carbocycles. The van der Waals surface area contributed by atoms with Crippen molar-refractivity contribution in [1.29, 1.82) is 0 Å². The van der Waals surface area contributed by atoms with Crippen LogP contribution in [0.15, 0.2) is 11.0 Å². The number of alkyl halides is 1. The van der Waals surface area contributed by atoms with Crippen molar-refractivity contribution in [3.05, 3.63) is 20.1 Å². The van der Waals surface area contributed by atoms with Crippen LogP contribution >= 0.6 is 34.2 Å². The molecule has 5 nitrogen and oxygen atoms in total. The lowest BCUT2D eigenvalue weighted by Gasteiger charge is -2.13.